The summed E-state index contributed by atoms with van der Waals surface area (Å²) in [6, 6.07) is 14.4. The topological polar surface area (TPSA) is 84.5 Å². The van der Waals surface area contributed by atoms with E-state index in [1.54, 1.807) is 30.3 Å². The third kappa shape index (κ3) is 3.96. The zero-order valence-electron chi connectivity index (χ0n) is 11.2. The number of hydrogen-bond acceptors (Lipinski definition) is 4. The Labute approximate surface area is 122 Å². The van der Waals surface area contributed by atoms with Gasteiger partial charge in [0.05, 0.1) is 12.0 Å². The quantitative estimate of drug-likeness (QED) is 0.909. The maximum atomic E-state index is 12.2. The summed E-state index contributed by atoms with van der Waals surface area (Å²) in [5.41, 5.74) is 0.926. The van der Waals surface area contributed by atoms with E-state index in [0.29, 0.717) is 11.4 Å². The molecule has 2 aromatic carbocycles. The Kier molecular flexibility index (Phi) is 4.44. The summed E-state index contributed by atoms with van der Waals surface area (Å²) in [6.45, 7) is 0. The van der Waals surface area contributed by atoms with Crippen molar-refractivity contribution in [3.63, 3.8) is 0 Å². The molecule has 0 atom stereocenters. The molecule has 0 aliphatic heterocycles. The second kappa shape index (κ2) is 6.27. The van der Waals surface area contributed by atoms with Crippen LogP contribution >= 0.6 is 0 Å². The standard InChI is InChI=1S/C14H14N2O4S/c1-20-14(17)15-11-7-9-13(10-8-11)21(18,19)16-12-5-3-2-4-6-12/h2-10,16H,1H3,(H,15,17). The van der Waals surface area contributed by atoms with Crippen LogP contribution in [0, 0.1) is 0 Å². The minimum Gasteiger partial charge on any atom is -0.453 e. The van der Waals surface area contributed by atoms with Crippen LogP contribution in [0.25, 0.3) is 0 Å². The van der Waals surface area contributed by atoms with Crippen LogP contribution in [0.4, 0.5) is 16.2 Å². The molecule has 7 heteroatoms. The fraction of sp³-hybridized carbons (Fsp3) is 0.0714. The molecule has 0 unspecified atom stereocenters. The molecular formula is C14H14N2O4S. The van der Waals surface area contributed by atoms with Gasteiger partial charge in [0, 0.05) is 11.4 Å². The Hall–Kier alpha value is -2.54. The first-order valence-electron chi connectivity index (χ1n) is 6.04. The zero-order chi connectivity index (χ0) is 15.3. The summed E-state index contributed by atoms with van der Waals surface area (Å²) in [5.74, 6) is 0. The Balaban J connectivity index is 2.15. The Morgan fingerprint density at radius 2 is 1.57 bits per heavy atom. The monoisotopic (exact) mass is 306 g/mol. The number of hydrogen-bond donors (Lipinski definition) is 2. The lowest BCUT2D eigenvalue weighted by Gasteiger charge is -2.09. The number of anilines is 2. The average Bonchev–Trinajstić information content (AvgIpc) is 2.48. The van der Waals surface area contributed by atoms with Crippen molar-refractivity contribution in [1.29, 1.82) is 0 Å². The maximum Gasteiger partial charge on any atom is 0.411 e. The van der Waals surface area contributed by atoms with Gasteiger partial charge in [-0.2, -0.15) is 0 Å². The number of carbonyl (C=O) groups excluding carboxylic acids is 1. The molecule has 110 valence electrons. The number of ether oxygens (including phenoxy) is 1. The highest BCUT2D eigenvalue weighted by molar-refractivity contribution is 7.92. The first-order valence-corrected chi connectivity index (χ1v) is 7.52. The van der Waals surface area contributed by atoms with Gasteiger partial charge in [-0.25, -0.2) is 13.2 Å². The number of methoxy groups -OCH3 is 1. The third-order valence-corrected chi connectivity index (χ3v) is 4.02. The van der Waals surface area contributed by atoms with Gasteiger partial charge in [-0.3, -0.25) is 10.0 Å². The minimum atomic E-state index is -3.66. The van der Waals surface area contributed by atoms with E-state index in [2.05, 4.69) is 14.8 Å². The van der Waals surface area contributed by atoms with Gasteiger partial charge in [0.2, 0.25) is 0 Å². The van der Waals surface area contributed by atoms with Crippen LogP contribution in [0.2, 0.25) is 0 Å². The lowest BCUT2D eigenvalue weighted by Crippen LogP contribution is -2.14. The molecule has 0 heterocycles. The van der Waals surface area contributed by atoms with Crippen molar-refractivity contribution >= 4 is 27.5 Å². The predicted molar refractivity (Wildman–Crippen MR) is 79.7 cm³/mol. The van der Waals surface area contributed by atoms with Crippen molar-refractivity contribution in [1.82, 2.24) is 0 Å². The Morgan fingerprint density at radius 3 is 2.14 bits per heavy atom. The summed E-state index contributed by atoms with van der Waals surface area (Å²) in [7, 11) is -2.41. The van der Waals surface area contributed by atoms with Crippen LogP contribution in [-0.2, 0) is 14.8 Å². The fourth-order valence-electron chi connectivity index (χ4n) is 1.61. The van der Waals surface area contributed by atoms with Gasteiger partial charge < -0.3 is 4.74 Å². The minimum absolute atomic E-state index is 0.0989. The van der Waals surface area contributed by atoms with Crippen LogP contribution in [0.5, 0.6) is 0 Å². The molecular weight excluding hydrogens is 292 g/mol. The van der Waals surface area contributed by atoms with Gasteiger partial charge in [-0.05, 0) is 36.4 Å². The number of carbonyl (C=O) groups is 1. The number of sulfonamides is 1. The van der Waals surface area contributed by atoms with Crippen molar-refractivity contribution in [3.05, 3.63) is 54.6 Å². The molecule has 0 saturated carbocycles. The molecule has 0 aromatic heterocycles. The van der Waals surface area contributed by atoms with Crippen LogP contribution in [0.3, 0.4) is 0 Å². The highest BCUT2D eigenvalue weighted by atomic mass is 32.2. The molecule has 0 radical (unpaired) electrons. The van der Waals surface area contributed by atoms with Crippen molar-refractivity contribution in [2.24, 2.45) is 0 Å². The third-order valence-electron chi connectivity index (χ3n) is 2.62. The summed E-state index contributed by atoms with van der Waals surface area (Å²) in [6.07, 6.45) is -0.618. The van der Waals surface area contributed by atoms with E-state index in [1.807, 2.05) is 0 Å². The summed E-state index contributed by atoms with van der Waals surface area (Å²) < 4.78 is 31.3. The molecule has 0 saturated heterocycles. The van der Waals surface area contributed by atoms with Gasteiger partial charge in [0.15, 0.2) is 0 Å². The van der Waals surface area contributed by atoms with E-state index in [-0.39, 0.29) is 4.90 Å². The summed E-state index contributed by atoms with van der Waals surface area (Å²) in [5, 5.41) is 2.44. The second-order valence-electron chi connectivity index (χ2n) is 4.11. The van der Waals surface area contributed by atoms with Crippen molar-refractivity contribution in [3.8, 4) is 0 Å². The highest BCUT2D eigenvalue weighted by Crippen LogP contribution is 2.18. The van der Waals surface area contributed by atoms with E-state index >= 15 is 0 Å². The van der Waals surface area contributed by atoms with Crippen LogP contribution in [0.15, 0.2) is 59.5 Å². The Bertz CT molecular complexity index is 712. The molecule has 1 amide bonds. The molecule has 21 heavy (non-hydrogen) atoms. The van der Waals surface area contributed by atoms with Crippen molar-refractivity contribution in [2.75, 3.05) is 17.1 Å². The maximum absolute atomic E-state index is 12.2. The van der Waals surface area contributed by atoms with Crippen molar-refractivity contribution < 1.29 is 17.9 Å². The zero-order valence-corrected chi connectivity index (χ0v) is 12.1. The first-order chi connectivity index (χ1) is 10.0. The van der Waals surface area contributed by atoms with Gasteiger partial charge >= 0.3 is 6.09 Å². The largest absolute Gasteiger partial charge is 0.453 e. The van der Waals surface area contributed by atoms with E-state index in [0.717, 1.165) is 0 Å². The molecule has 2 aromatic rings. The second-order valence-corrected chi connectivity index (χ2v) is 5.79. The molecule has 0 bridgehead atoms. The number of para-hydroxylation sites is 1. The number of rotatable bonds is 4. The smallest absolute Gasteiger partial charge is 0.411 e. The average molecular weight is 306 g/mol. The van der Waals surface area contributed by atoms with E-state index in [9.17, 15) is 13.2 Å². The first kappa shape index (κ1) is 14.9. The molecule has 0 aliphatic rings. The lowest BCUT2D eigenvalue weighted by molar-refractivity contribution is 0.187. The van der Waals surface area contributed by atoms with Crippen LogP contribution in [0.1, 0.15) is 0 Å². The molecule has 0 aliphatic carbocycles. The highest BCUT2D eigenvalue weighted by Gasteiger charge is 2.14. The molecule has 2 rings (SSSR count). The molecule has 6 nitrogen and oxygen atoms in total. The number of nitrogens with one attached hydrogen (secondary N) is 2. The van der Waals surface area contributed by atoms with E-state index in [1.165, 1.54) is 31.4 Å². The van der Waals surface area contributed by atoms with E-state index < -0.39 is 16.1 Å². The Morgan fingerprint density at radius 1 is 0.952 bits per heavy atom. The predicted octanol–water partition coefficient (Wildman–Crippen LogP) is 2.67. The summed E-state index contributed by atoms with van der Waals surface area (Å²) in [4.78, 5) is 11.1. The van der Waals surface area contributed by atoms with Crippen LogP contribution < -0.4 is 10.0 Å². The summed E-state index contributed by atoms with van der Waals surface area (Å²) >= 11 is 0. The van der Waals surface area contributed by atoms with E-state index in [4.69, 9.17) is 0 Å². The van der Waals surface area contributed by atoms with Crippen molar-refractivity contribution in [2.45, 2.75) is 4.90 Å². The van der Waals surface area contributed by atoms with Gasteiger partial charge in [-0.1, -0.05) is 18.2 Å². The molecule has 0 fully saturated rings. The van der Waals surface area contributed by atoms with Gasteiger partial charge in [0.1, 0.15) is 0 Å². The number of amides is 1. The molecule has 2 N–H and O–H groups in total. The normalized spacial score (nSPS) is 10.7. The fourth-order valence-corrected chi connectivity index (χ4v) is 2.67. The number of benzene rings is 2. The lowest BCUT2D eigenvalue weighted by atomic mass is 10.3. The SMILES string of the molecule is COC(=O)Nc1ccc(S(=O)(=O)Nc2ccccc2)cc1. The van der Waals surface area contributed by atoms with Gasteiger partial charge in [-0.15, -0.1) is 0 Å². The van der Waals surface area contributed by atoms with Crippen LogP contribution in [-0.4, -0.2) is 21.6 Å². The van der Waals surface area contributed by atoms with Gasteiger partial charge in [0.25, 0.3) is 10.0 Å². The molecule has 0 spiro atoms.